The highest BCUT2D eigenvalue weighted by Crippen LogP contribution is 2.30. The Balaban J connectivity index is 1.58. The van der Waals surface area contributed by atoms with Crippen molar-refractivity contribution in [2.45, 2.75) is 45.8 Å². The van der Waals surface area contributed by atoms with E-state index in [1.165, 1.54) is 6.33 Å². The predicted molar refractivity (Wildman–Crippen MR) is 141 cm³/mol. The Bertz CT molecular complexity index is 1240. The first-order valence-electron chi connectivity index (χ1n) is 12.2. The molecular formula is C29H33N5O2. The summed E-state index contributed by atoms with van der Waals surface area (Å²) in [5.41, 5.74) is 4.81. The van der Waals surface area contributed by atoms with Crippen molar-refractivity contribution in [1.82, 2.24) is 19.7 Å². The van der Waals surface area contributed by atoms with Crippen LogP contribution in [0.3, 0.4) is 0 Å². The lowest BCUT2D eigenvalue weighted by Gasteiger charge is -2.24. The van der Waals surface area contributed by atoms with Crippen LogP contribution in [0, 0.1) is 5.92 Å². The van der Waals surface area contributed by atoms with Gasteiger partial charge >= 0.3 is 5.97 Å². The smallest absolute Gasteiger partial charge is 0.310 e. The highest BCUT2D eigenvalue weighted by molar-refractivity contribution is 5.79. The van der Waals surface area contributed by atoms with Gasteiger partial charge in [-0.05, 0) is 74.6 Å². The molecule has 0 bridgehead atoms. The van der Waals surface area contributed by atoms with Crippen molar-refractivity contribution in [2.75, 3.05) is 11.9 Å². The van der Waals surface area contributed by atoms with Gasteiger partial charge in [-0.1, -0.05) is 36.4 Å². The molecular weight excluding hydrogens is 450 g/mol. The fourth-order valence-corrected chi connectivity index (χ4v) is 4.10. The summed E-state index contributed by atoms with van der Waals surface area (Å²) in [6.07, 6.45) is 8.03. The molecule has 1 N–H and O–H groups in total. The quantitative estimate of drug-likeness (QED) is 0.313. The molecule has 1 atom stereocenters. The topological polar surface area (TPSA) is 81.9 Å². The fourth-order valence-electron chi connectivity index (χ4n) is 4.10. The second-order valence-electron chi connectivity index (χ2n) is 9.83. The van der Waals surface area contributed by atoms with Crippen LogP contribution in [-0.4, -0.2) is 37.9 Å². The lowest BCUT2D eigenvalue weighted by atomic mass is 9.90. The lowest BCUT2D eigenvalue weighted by molar-refractivity contribution is -0.159. The summed E-state index contributed by atoms with van der Waals surface area (Å²) in [7, 11) is 0. The van der Waals surface area contributed by atoms with Crippen molar-refractivity contribution < 1.29 is 9.53 Å². The molecule has 1 unspecified atom stereocenters. The largest absolute Gasteiger partial charge is 0.460 e. The molecule has 186 valence electrons. The van der Waals surface area contributed by atoms with Gasteiger partial charge in [0.05, 0.1) is 12.5 Å². The van der Waals surface area contributed by atoms with Crippen LogP contribution in [0.2, 0.25) is 0 Å². The number of carbonyl (C=O) groups is 1. The number of hydrogen-bond acceptors (Lipinski definition) is 6. The van der Waals surface area contributed by atoms with E-state index in [4.69, 9.17) is 4.74 Å². The van der Waals surface area contributed by atoms with Gasteiger partial charge in [0.1, 0.15) is 18.3 Å². The van der Waals surface area contributed by atoms with Crippen molar-refractivity contribution in [3.8, 4) is 11.1 Å². The van der Waals surface area contributed by atoms with Crippen molar-refractivity contribution in [3.05, 3.63) is 96.8 Å². The van der Waals surface area contributed by atoms with Crippen molar-refractivity contribution >= 4 is 11.7 Å². The Labute approximate surface area is 212 Å². The normalized spacial score (nSPS) is 12.2. The van der Waals surface area contributed by atoms with Crippen molar-refractivity contribution in [2.24, 2.45) is 5.92 Å². The van der Waals surface area contributed by atoms with Gasteiger partial charge in [-0.3, -0.25) is 14.5 Å². The molecule has 4 aromatic rings. The number of ether oxygens (including phenoxy) is 1. The molecule has 2 heterocycles. The summed E-state index contributed by atoms with van der Waals surface area (Å²) < 4.78 is 7.59. The number of esters is 1. The van der Waals surface area contributed by atoms with Gasteiger partial charge in [0.2, 0.25) is 0 Å². The highest BCUT2D eigenvalue weighted by Gasteiger charge is 2.26. The first-order valence-corrected chi connectivity index (χ1v) is 12.2. The van der Waals surface area contributed by atoms with E-state index in [-0.39, 0.29) is 11.9 Å². The number of nitrogens with one attached hydrogen (secondary N) is 1. The van der Waals surface area contributed by atoms with E-state index in [1.807, 2.05) is 51.1 Å². The molecule has 0 saturated carbocycles. The van der Waals surface area contributed by atoms with Crippen LogP contribution in [0.15, 0.2) is 85.7 Å². The summed E-state index contributed by atoms with van der Waals surface area (Å²) in [6, 6.07) is 20.4. The van der Waals surface area contributed by atoms with Crippen LogP contribution < -0.4 is 5.32 Å². The van der Waals surface area contributed by atoms with Crippen LogP contribution in [0.4, 0.5) is 5.69 Å². The predicted octanol–water partition coefficient (Wildman–Crippen LogP) is 5.20. The third kappa shape index (κ3) is 7.25. The number of aromatic nitrogens is 4. The van der Waals surface area contributed by atoms with E-state index >= 15 is 0 Å². The Kier molecular flexibility index (Phi) is 8.10. The van der Waals surface area contributed by atoms with Crippen LogP contribution >= 0.6 is 0 Å². The van der Waals surface area contributed by atoms with Gasteiger partial charge in [0, 0.05) is 30.2 Å². The second-order valence-corrected chi connectivity index (χ2v) is 9.83. The average Bonchev–Trinajstić information content (AvgIpc) is 3.38. The molecule has 0 saturated heterocycles. The molecule has 0 radical (unpaired) electrons. The Hall–Kier alpha value is -4.00. The number of rotatable bonds is 10. The van der Waals surface area contributed by atoms with Crippen LogP contribution in [0.5, 0.6) is 0 Å². The molecule has 0 fully saturated rings. The maximum atomic E-state index is 13.2. The maximum absolute atomic E-state index is 13.2. The summed E-state index contributed by atoms with van der Waals surface area (Å²) in [5, 5.41) is 7.69. The van der Waals surface area contributed by atoms with Gasteiger partial charge in [-0.2, -0.15) is 5.10 Å². The summed E-state index contributed by atoms with van der Waals surface area (Å²) in [6.45, 7) is 7.13. The Morgan fingerprint density at radius 2 is 1.72 bits per heavy atom. The molecule has 0 aliphatic rings. The minimum Gasteiger partial charge on any atom is -0.460 e. The molecule has 0 amide bonds. The van der Waals surface area contributed by atoms with E-state index in [9.17, 15) is 4.79 Å². The minimum atomic E-state index is -0.536. The Morgan fingerprint density at radius 3 is 2.42 bits per heavy atom. The zero-order chi connectivity index (χ0) is 25.4. The third-order valence-corrected chi connectivity index (χ3v) is 5.75. The van der Waals surface area contributed by atoms with Gasteiger partial charge in [-0.25, -0.2) is 4.98 Å². The molecule has 7 nitrogen and oxygen atoms in total. The van der Waals surface area contributed by atoms with Gasteiger partial charge in [0.15, 0.2) is 0 Å². The van der Waals surface area contributed by atoms with Crippen molar-refractivity contribution in [1.29, 1.82) is 0 Å². The van der Waals surface area contributed by atoms with Gasteiger partial charge in [-0.15, -0.1) is 0 Å². The summed E-state index contributed by atoms with van der Waals surface area (Å²) in [5.74, 6) is -0.463. The van der Waals surface area contributed by atoms with Crippen LogP contribution in [0.1, 0.15) is 31.9 Å². The fraction of sp³-hybridized carbons (Fsp3) is 0.310. The zero-order valence-corrected chi connectivity index (χ0v) is 21.1. The first-order chi connectivity index (χ1) is 17.4. The number of hydrogen-bond donors (Lipinski definition) is 1. The molecule has 0 spiro atoms. The molecule has 4 rings (SSSR count). The lowest BCUT2D eigenvalue weighted by Crippen LogP contribution is -2.31. The monoisotopic (exact) mass is 483 g/mol. The number of pyridine rings is 1. The molecule has 0 aliphatic carbocycles. The van der Waals surface area contributed by atoms with Crippen molar-refractivity contribution in [3.63, 3.8) is 0 Å². The van der Waals surface area contributed by atoms with Gasteiger partial charge < -0.3 is 10.1 Å². The van der Waals surface area contributed by atoms with E-state index in [1.54, 1.807) is 23.4 Å². The average molecular weight is 484 g/mol. The number of nitrogens with zero attached hydrogens (tertiary/aromatic N) is 4. The van der Waals surface area contributed by atoms with Crippen LogP contribution in [-0.2, 0) is 28.9 Å². The first kappa shape index (κ1) is 25.1. The summed E-state index contributed by atoms with van der Waals surface area (Å²) in [4.78, 5) is 21.4. The molecule has 0 aliphatic heterocycles. The SMILES string of the molecule is CC(C)(C)OC(=O)C(Cc1ccccc1)Cc1ccc(NCCn2cncn2)c(-c2ccncc2)c1. The third-order valence-electron chi connectivity index (χ3n) is 5.75. The van der Waals surface area contributed by atoms with E-state index in [0.29, 0.717) is 25.9 Å². The molecule has 36 heavy (non-hydrogen) atoms. The maximum Gasteiger partial charge on any atom is 0.310 e. The highest BCUT2D eigenvalue weighted by atomic mass is 16.6. The number of anilines is 1. The number of benzene rings is 2. The molecule has 7 heteroatoms. The number of carbonyl (C=O) groups excluding carboxylic acids is 1. The summed E-state index contributed by atoms with van der Waals surface area (Å²) >= 11 is 0. The second kappa shape index (κ2) is 11.6. The minimum absolute atomic E-state index is 0.174. The standard InChI is InChI=1S/C29H33N5O2/c1-29(2,3)36-28(35)25(17-22-7-5-4-6-8-22)18-23-9-10-27(32-15-16-34-21-31-20-33-34)26(19-23)24-11-13-30-14-12-24/h4-14,19-21,25,32H,15-18H2,1-3H3. The Morgan fingerprint density at radius 1 is 0.972 bits per heavy atom. The van der Waals surface area contributed by atoms with Gasteiger partial charge in [0.25, 0.3) is 0 Å². The van der Waals surface area contributed by atoms with E-state index in [2.05, 4.69) is 50.7 Å². The zero-order valence-electron chi connectivity index (χ0n) is 21.1. The molecule has 2 aromatic carbocycles. The van der Waals surface area contributed by atoms with Crippen LogP contribution in [0.25, 0.3) is 11.1 Å². The molecule has 2 aromatic heterocycles. The van der Waals surface area contributed by atoms with E-state index < -0.39 is 5.60 Å². The van der Waals surface area contributed by atoms with E-state index in [0.717, 1.165) is 27.9 Å².